The maximum absolute atomic E-state index is 6.06. The molecule has 1 aliphatic rings. The lowest BCUT2D eigenvalue weighted by molar-refractivity contribution is 0.182. The van der Waals surface area contributed by atoms with Crippen molar-refractivity contribution in [3.63, 3.8) is 0 Å². The van der Waals surface area contributed by atoms with Crippen molar-refractivity contribution in [1.82, 2.24) is 4.90 Å². The molecule has 1 saturated heterocycles. The van der Waals surface area contributed by atoms with Crippen molar-refractivity contribution in [2.24, 2.45) is 16.6 Å². The largest absolute Gasteiger partial charge is 0.493 e. The number of rotatable bonds is 7. The van der Waals surface area contributed by atoms with E-state index in [4.69, 9.17) is 15.2 Å². The number of aliphatic imine (C=N–C) groups is 1. The van der Waals surface area contributed by atoms with Crippen LogP contribution in [0.2, 0.25) is 0 Å². The van der Waals surface area contributed by atoms with Crippen LogP contribution < -0.4 is 20.5 Å². The quantitative estimate of drug-likeness (QED) is 0.562. The molecule has 1 aromatic carbocycles. The van der Waals surface area contributed by atoms with Gasteiger partial charge < -0.3 is 20.5 Å². The number of nitrogens with one attached hydrogen (secondary N) is 1. The minimum absolute atomic E-state index is 0.434. The number of likely N-dealkylation sites (tertiary alicyclic amines) is 1. The summed E-state index contributed by atoms with van der Waals surface area (Å²) in [6, 6.07) is 9.92. The molecule has 1 aliphatic heterocycles. The summed E-state index contributed by atoms with van der Waals surface area (Å²) in [7, 11) is 3.23. The molecule has 146 valence electrons. The van der Waals surface area contributed by atoms with Gasteiger partial charge in [-0.1, -0.05) is 6.07 Å². The Morgan fingerprint density at radius 2 is 2.00 bits per heavy atom. The summed E-state index contributed by atoms with van der Waals surface area (Å²) in [5, 5.41) is 5.27. The topological polar surface area (TPSA) is 72.1 Å². The first-order chi connectivity index (χ1) is 13.2. The zero-order chi connectivity index (χ0) is 19.1. The Bertz CT molecular complexity index is 740. The molecule has 0 bridgehead atoms. The van der Waals surface area contributed by atoms with Crippen LogP contribution in [0, 0.1) is 5.92 Å². The zero-order valence-corrected chi connectivity index (χ0v) is 16.8. The third-order valence-corrected chi connectivity index (χ3v) is 5.70. The molecule has 0 aliphatic carbocycles. The van der Waals surface area contributed by atoms with Gasteiger partial charge in [-0.25, -0.2) is 0 Å². The van der Waals surface area contributed by atoms with Crippen LogP contribution in [-0.2, 0) is 6.54 Å². The minimum Gasteiger partial charge on any atom is -0.493 e. The number of ether oxygens (including phenoxy) is 2. The first-order valence-corrected chi connectivity index (χ1v) is 10.1. The molecule has 3 N–H and O–H groups in total. The normalized spacial score (nSPS) is 16.3. The Morgan fingerprint density at radius 3 is 2.67 bits per heavy atom. The van der Waals surface area contributed by atoms with Gasteiger partial charge in [0.15, 0.2) is 17.5 Å². The van der Waals surface area contributed by atoms with E-state index in [9.17, 15) is 0 Å². The predicted octanol–water partition coefficient (Wildman–Crippen LogP) is 3.40. The number of nitrogens with two attached hydrogens (primary N) is 1. The summed E-state index contributed by atoms with van der Waals surface area (Å²) >= 11 is 1.83. The van der Waals surface area contributed by atoms with Gasteiger partial charge >= 0.3 is 0 Å². The van der Waals surface area contributed by atoms with E-state index in [2.05, 4.69) is 32.7 Å². The molecule has 0 unspecified atom stereocenters. The molecule has 2 aromatic rings. The number of benzene rings is 1. The second-order valence-corrected chi connectivity index (χ2v) is 7.75. The highest BCUT2D eigenvalue weighted by molar-refractivity contribution is 7.09. The monoisotopic (exact) mass is 388 g/mol. The van der Waals surface area contributed by atoms with E-state index in [1.54, 1.807) is 14.2 Å². The zero-order valence-electron chi connectivity index (χ0n) is 16.0. The summed E-state index contributed by atoms with van der Waals surface area (Å²) in [6.45, 7) is 4.08. The Hall–Kier alpha value is -2.25. The van der Waals surface area contributed by atoms with Crippen molar-refractivity contribution in [2.75, 3.05) is 39.2 Å². The van der Waals surface area contributed by atoms with Gasteiger partial charge in [-0.2, -0.15) is 0 Å². The fourth-order valence-corrected chi connectivity index (χ4v) is 4.03. The van der Waals surface area contributed by atoms with Crippen LogP contribution in [0.3, 0.4) is 0 Å². The number of anilines is 1. The van der Waals surface area contributed by atoms with Crippen LogP contribution in [0.15, 0.2) is 40.7 Å². The van der Waals surface area contributed by atoms with Gasteiger partial charge in [-0.15, -0.1) is 11.3 Å². The van der Waals surface area contributed by atoms with Crippen LogP contribution in [-0.4, -0.2) is 44.7 Å². The van der Waals surface area contributed by atoms with Gasteiger partial charge in [0, 0.05) is 29.7 Å². The van der Waals surface area contributed by atoms with Crippen molar-refractivity contribution in [3.8, 4) is 11.5 Å². The molecule has 0 atom stereocenters. The Morgan fingerprint density at radius 1 is 1.22 bits per heavy atom. The number of guanidine groups is 1. The average molecular weight is 389 g/mol. The fourth-order valence-electron chi connectivity index (χ4n) is 3.28. The van der Waals surface area contributed by atoms with E-state index in [1.165, 1.54) is 17.7 Å². The van der Waals surface area contributed by atoms with Gasteiger partial charge in [-0.3, -0.25) is 9.89 Å². The van der Waals surface area contributed by atoms with Crippen LogP contribution >= 0.6 is 11.3 Å². The van der Waals surface area contributed by atoms with Gasteiger partial charge in [0.25, 0.3) is 0 Å². The molecule has 0 spiro atoms. The van der Waals surface area contributed by atoms with Crippen LogP contribution in [0.5, 0.6) is 11.5 Å². The molecule has 7 heteroatoms. The van der Waals surface area contributed by atoms with Gasteiger partial charge in [0.2, 0.25) is 0 Å². The van der Waals surface area contributed by atoms with E-state index in [1.807, 2.05) is 29.5 Å². The average Bonchev–Trinajstić information content (AvgIpc) is 3.20. The predicted molar refractivity (Wildman–Crippen MR) is 112 cm³/mol. The minimum atomic E-state index is 0.434. The molecule has 6 nitrogen and oxygen atoms in total. The summed E-state index contributed by atoms with van der Waals surface area (Å²) in [5.41, 5.74) is 6.89. The third-order valence-electron chi connectivity index (χ3n) is 4.84. The van der Waals surface area contributed by atoms with Crippen molar-refractivity contribution < 1.29 is 9.47 Å². The summed E-state index contributed by atoms with van der Waals surface area (Å²) in [6.07, 6.45) is 2.33. The molecule has 0 amide bonds. The fraction of sp³-hybridized carbons (Fsp3) is 0.450. The highest BCUT2D eigenvalue weighted by Gasteiger charge is 2.19. The van der Waals surface area contributed by atoms with Crippen molar-refractivity contribution in [2.45, 2.75) is 19.4 Å². The van der Waals surface area contributed by atoms with Crippen LogP contribution in [0.25, 0.3) is 0 Å². The number of piperidine rings is 1. The maximum Gasteiger partial charge on any atom is 0.193 e. The molecule has 0 radical (unpaired) electrons. The third kappa shape index (κ3) is 5.61. The van der Waals surface area contributed by atoms with Crippen molar-refractivity contribution in [1.29, 1.82) is 0 Å². The van der Waals surface area contributed by atoms with Gasteiger partial charge in [0.05, 0.1) is 14.2 Å². The molecule has 1 aromatic heterocycles. The van der Waals surface area contributed by atoms with E-state index < -0.39 is 0 Å². The number of hydrogen-bond acceptors (Lipinski definition) is 5. The number of thiophene rings is 1. The first-order valence-electron chi connectivity index (χ1n) is 9.21. The summed E-state index contributed by atoms with van der Waals surface area (Å²) < 4.78 is 10.6. The van der Waals surface area contributed by atoms with Crippen molar-refractivity contribution >= 4 is 23.0 Å². The smallest absolute Gasteiger partial charge is 0.193 e. The maximum atomic E-state index is 6.06. The lowest BCUT2D eigenvalue weighted by atomic mass is 9.97. The molecule has 2 heterocycles. The van der Waals surface area contributed by atoms with Crippen LogP contribution in [0.4, 0.5) is 5.69 Å². The molecule has 0 saturated carbocycles. The number of methoxy groups -OCH3 is 2. The summed E-state index contributed by atoms with van der Waals surface area (Å²) in [5.74, 6) is 2.37. The Balaban J connectivity index is 1.45. The van der Waals surface area contributed by atoms with Gasteiger partial charge in [0.1, 0.15) is 0 Å². The highest BCUT2D eigenvalue weighted by Crippen LogP contribution is 2.29. The van der Waals surface area contributed by atoms with E-state index in [0.29, 0.717) is 23.4 Å². The van der Waals surface area contributed by atoms with Crippen LogP contribution in [0.1, 0.15) is 17.7 Å². The van der Waals surface area contributed by atoms with Crippen molar-refractivity contribution in [3.05, 3.63) is 40.6 Å². The molecule has 1 fully saturated rings. The lowest BCUT2D eigenvalue weighted by Crippen LogP contribution is -2.34. The Labute approximate surface area is 165 Å². The van der Waals surface area contributed by atoms with E-state index in [0.717, 1.165) is 31.9 Å². The second-order valence-electron chi connectivity index (χ2n) is 6.72. The van der Waals surface area contributed by atoms with E-state index >= 15 is 0 Å². The Kier molecular flexibility index (Phi) is 6.95. The van der Waals surface area contributed by atoms with Gasteiger partial charge in [-0.05, 0) is 55.4 Å². The van der Waals surface area contributed by atoms with E-state index in [-0.39, 0.29) is 0 Å². The lowest BCUT2D eigenvalue weighted by Gasteiger charge is -2.30. The second kappa shape index (κ2) is 9.62. The molecule has 3 rings (SSSR count). The first kappa shape index (κ1) is 19.5. The summed E-state index contributed by atoms with van der Waals surface area (Å²) in [4.78, 5) is 8.50. The molecule has 27 heavy (non-hydrogen) atoms. The molecular formula is C20H28N4O2S. The number of hydrogen-bond donors (Lipinski definition) is 2. The standard InChI is InChI=1S/C20H28N4O2S/c1-25-18-6-5-16(12-19(18)26-2)23-20(21)22-13-15-7-9-24(10-8-15)14-17-4-3-11-27-17/h3-6,11-12,15H,7-10,13-14H2,1-2H3,(H3,21,22,23). The SMILES string of the molecule is COc1ccc(NC(N)=NCC2CCN(Cc3cccs3)CC2)cc1OC. The molecular weight excluding hydrogens is 360 g/mol. The highest BCUT2D eigenvalue weighted by atomic mass is 32.1. The number of nitrogens with zero attached hydrogens (tertiary/aromatic N) is 2.